The first-order valence-corrected chi connectivity index (χ1v) is 60.5. The van der Waals surface area contributed by atoms with Crippen molar-refractivity contribution in [2.24, 2.45) is 0 Å². The van der Waals surface area contributed by atoms with Crippen molar-refractivity contribution < 1.29 is 43.6 Å². The number of hydrogen-bond donors (Lipinski definition) is 2. The van der Waals surface area contributed by atoms with E-state index in [1.807, 2.05) is 35.3 Å². The molecule has 0 bridgehead atoms. The van der Waals surface area contributed by atoms with Gasteiger partial charge >= 0.3 is 23.9 Å². The summed E-state index contributed by atoms with van der Waals surface area (Å²) in [5.41, 5.74) is 1.42. The molecule has 18 rings (SSSR count). The zero-order chi connectivity index (χ0) is 99.9. The molecule has 0 saturated carbocycles. The van der Waals surface area contributed by atoms with Crippen LogP contribution in [0.3, 0.4) is 0 Å². The lowest BCUT2D eigenvalue weighted by Gasteiger charge is -2.36. The number of cyclic esters (lactones) is 2. The molecule has 3 aromatic heterocycles. The van der Waals surface area contributed by atoms with Gasteiger partial charge < -0.3 is 69.9 Å². The van der Waals surface area contributed by atoms with Gasteiger partial charge in [-0.25, -0.2) is 0 Å². The number of para-hydroxylation sites is 1. The Morgan fingerprint density at radius 1 is 0.423 bits per heavy atom. The molecule has 0 aliphatic carbocycles. The molecule has 8 fully saturated rings. The number of hydrogen-bond acceptors (Lipinski definition) is 17. The van der Waals surface area contributed by atoms with E-state index in [1.165, 1.54) is 201 Å². The molecule has 142 heavy (non-hydrogen) atoms. The first-order chi connectivity index (χ1) is 69.7. The third-order valence-electron chi connectivity index (χ3n) is 27.5. The summed E-state index contributed by atoms with van der Waals surface area (Å²) in [4.78, 5) is 71.2. The van der Waals surface area contributed by atoms with E-state index in [2.05, 4.69) is 270 Å². The molecule has 7 aromatic carbocycles. The van der Waals surface area contributed by atoms with Gasteiger partial charge in [-0.05, 0) is 176 Å². The van der Waals surface area contributed by atoms with Crippen LogP contribution in [0.5, 0.6) is 5.75 Å². The van der Waals surface area contributed by atoms with Gasteiger partial charge in [-0.1, -0.05) is 164 Å². The second kappa shape index (κ2) is 66.7. The molecule has 2 N–H and O–H groups in total. The summed E-state index contributed by atoms with van der Waals surface area (Å²) in [6.45, 7) is 44.6. The van der Waals surface area contributed by atoms with Gasteiger partial charge in [-0.15, -0.1) is 37.5 Å². The van der Waals surface area contributed by atoms with Gasteiger partial charge in [0.05, 0.1) is 60.9 Å². The first kappa shape index (κ1) is 115. The number of carbonyl (C=O) groups is 4. The molecule has 8 saturated heterocycles. The number of piperazine rings is 4. The van der Waals surface area contributed by atoms with Crippen molar-refractivity contribution in [3.05, 3.63) is 215 Å². The summed E-state index contributed by atoms with van der Waals surface area (Å²) < 4.78 is 21.7. The highest BCUT2D eigenvalue weighted by atomic mass is 32.2. The van der Waals surface area contributed by atoms with E-state index >= 15 is 0 Å². The Labute approximate surface area is 866 Å². The molecule has 10 aromatic rings. The van der Waals surface area contributed by atoms with Crippen LogP contribution in [-0.4, -0.2) is 335 Å². The minimum atomic E-state index is -0.719. The van der Waals surface area contributed by atoms with Crippen LogP contribution in [-0.2, 0) is 72.6 Å². The molecular weight excluding hydrogens is 1870 g/mol. The number of benzene rings is 7. The maximum atomic E-state index is 11.6. The van der Waals surface area contributed by atoms with Crippen LogP contribution in [0.25, 0.3) is 67.3 Å². The van der Waals surface area contributed by atoms with Crippen molar-refractivity contribution in [3.8, 4) is 10.6 Å². The predicted molar refractivity (Wildman–Crippen MR) is 604 cm³/mol. The Kier molecular flexibility index (Phi) is 53.9. The largest absolute Gasteiger partial charge is 0.662 e. The quantitative estimate of drug-likeness (QED) is 0.0157. The summed E-state index contributed by atoms with van der Waals surface area (Å²) in [6.07, 6.45) is 27.1. The van der Waals surface area contributed by atoms with Crippen LogP contribution in [0.15, 0.2) is 213 Å². The SMILES string of the molecule is CC[N-]CCCCCN1CCN(C2CCOC2=O)CC1.CC[N-]CCCCCN1CCN(C2CCOC2=O)CC1.CC[N-]CCCCCN1CCN(CC(=O)O)CC1.CC[N-]CCCCCN1CCN(CC(=O)OCC)CC1.CCn1cc([S+]2CCCC2)c2ccccc21.C[S+](c1ccccc1)c1ccccc1.Oc1ccc(-[s+]2c3ccccc3c3ccccc32)cc1.c1ccc2c([S+]3CCCC3)csc2c1. The number of carboxylic acids is 1. The van der Waals surface area contributed by atoms with E-state index in [4.69, 9.17) is 19.3 Å². The number of rotatable bonds is 41. The Morgan fingerprint density at radius 2 is 0.796 bits per heavy atom. The standard InChI is InChI=1S/C18H12OS.2C15H28N3O2.C15H30N3O2.C14H18NS.C13H26N3O2.C13H13S.C12H13S2/c19-13-9-11-14(12-10-13)20-17-7-3-1-5-15(17)16-6-2-4-8-18(16)20;2*1-2-16-7-4-3-5-8-17-9-11-18(12-10-17)14-6-13-20-15(14)19;1-3-16-8-6-5-7-9-17-10-12-18(13-11-17)14-15(19)20-4-2;1-2-15-11-14(16-9-5-6-10-16)12-7-3-4-8-13(12)15;1-2-14-6-4-3-5-7-15-8-10-16(11-9-15)12-13(17)18;1-14(12-8-4-2-5-9-12)13-10-6-3-7-11-13;1-2-6-11-10(5-1)12(9-13-11)14-7-3-4-8-14/h1-12H;2*14H,2-13H2,1H3;3-14H2,1-2H3;3-4,7-8,11H,2,5-6,9-10H2,1H3;2-12H2,1H3,(H,17,18);2-11H,1H3;1-2,5-6,9H,3-4,7-8H2/q;3*-1;+1;-1;2*+1/p+1. The number of esters is 3. The number of ether oxygens (including phenoxy) is 3. The molecule has 27 heteroatoms. The lowest BCUT2D eigenvalue weighted by molar-refractivity contribution is -0.145. The second-order valence-electron chi connectivity index (χ2n) is 37.5. The van der Waals surface area contributed by atoms with Crippen molar-refractivity contribution in [2.75, 3.05) is 245 Å². The molecule has 11 heterocycles. The lowest BCUT2D eigenvalue weighted by Crippen LogP contribution is -2.51. The second-order valence-corrected chi connectivity index (χ2v) is 46.8. The highest BCUT2D eigenvalue weighted by Gasteiger charge is 2.37. The molecule has 0 amide bonds. The van der Waals surface area contributed by atoms with Crippen molar-refractivity contribution in [2.45, 2.75) is 195 Å². The number of phenols is 1. The highest BCUT2D eigenvalue weighted by Crippen LogP contribution is 2.48. The fourth-order valence-electron chi connectivity index (χ4n) is 19.4. The third-order valence-corrected chi connectivity index (χ3v) is 37.9. The number of nitrogens with zero attached hydrogens (tertiary/aromatic N) is 13. The van der Waals surface area contributed by atoms with Gasteiger partial charge in [0.15, 0.2) is 33.9 Å². The van der Waals surface area contributed by atoms with Crippen LogP contribution in [0.4, 0.5) is 0 Å². The molecule has 2 atom stereocenters. The Balaban J connectivity index is 0.000000155. The normalized spacial score (nSPS) is 18.1. The first-order valence-electron chi connectivity index (χ1n) is 53.6. The number of carbonyl (C=O) groups excluding carboxylic acids is 3. The number of thiophene rings is 2. The summed E-state index contributed by atoms with van der Waals surface area (Å²) >= 11 is 1.91. The van der Waals surface area contributed by atoms with Crippen molar-refractivity contribution in [1.29, 1.82) is 0 Å². The molecule has 0 spiro atoms. The van der Waals surface area contributed by atoms with Gasteiger partial charge in [0.25, 0.3) is 0 Å². The maximum Gasteiger partial charge on any atom is 0.323 e. The van der Waals surface area contributed by atoms with Gasteiger partial charge in [0.2, 0.25) is 0 Å². The molecule has 8 aliphatic heterocycles. The molecule has 0 radical (unpaired) electrons. The fraction of sp³-hybridized carbons (Fsp3) is 0.565. The van der Waals surface area contributed by atoms with Gasteiger partial charge in [0.1, 0.15) is 47.1 Å². The smallest absolute Gasteiger partial charge is 0.323 e. The van der Waals surface area contributed by atoms with E-state index in [1.54, 1.807) is 21.9 Å². The van der Waals surface area contributed by atoms with Crippen LogP contribution in [0, 0.1) is 0 Å². The van der Waals surface area contributed by atoms with E-state index in [-0.39, 0.29) is 57.9 Å². The Morgan fingerprint density at radius 3 is 1.20 bits per heavy atom. The Hall–Kier alpha value is -7.49. The van der Waals surface area contributed by atoms with Crippen LogP contribution in [0.2, 0.25) is 0 Å². The summed E-state index contributed by atoms with van der Waals surface area (Å²) in [5, 5.41) is 43.6. The minimum Gasteiger partial charge on any atom is -0.662 e. The lowest BCUT2D eigenvalue weighted by atomic mass is 10.1. The molecule has 778 valence electrons. The number of aliphatic carboxylic acids is 1. The average molecular weight is 2040 g/mol. The summed E-state index contributed by atoms with van der Waals surface area (Å²) in [5.74, 6) is 5.16. The maximum absolute atomic E-state index is 11.6. The number of unbranched alkanes of at least 4 members (excludes halogenated alkanes) is 8. The molecular formula is C115H169N13O9S5. The van der Waals surface area contributed by atoms with E-state index < -0.39 is 5.97 Å². The van der Waals surface area contributed by atoms with Crippen LogP contribution >= 0.6 is 21.8 Å². The van der Waals surface area contributed by atoms with Gasteiger partial charge in [-0.2, -0.15) is 26.2 Å². The van der Waals surface area contributed by atoms with Crippen molar-refractivity contribution in [1.82, 2.24) is 43.8 Å². The number of fused-ring (bicyclic) bond motifs is 5. The van der Waals surface area contributed by atoms with Crippen molar-refractivity contribution in [3.63, 3.8) is 0 Å². The fourth-order valence-corrected chi connectivity index (χ4v) is 29.5. The number of aromatic nitrogens is 1. The van der Waals surface area contributed by atoms with Gasteiger partial charge in [0, 0.05) is 195 Å². The summed E-state index contributed by atoms with van der Waals surface area (Å²) in [7, 11) is 1.25. The van der Waals surface area contributed by atoms with Gasteiger partial charge in [-0.3, -0.25) is 38.8 Å². The minimum absolute atomic E-state index is 0.0156. The number of aromatic hydroxyl groups is 1. The molecule has 8 aliphatic rings. The number of carboxylic acid groups (broad SMARTS) is 1. The Bertz CT molecular complexity index is 4980. The van der Waals surface area contributed by atoms with Crippen LogP contribution < -0.4 is 0 Å². The van der Waals surface area contributed by atoms with E-state index in [0.29, 0.717) is 53.9 Å². The molecule has 22 nitrogen and oxygen atoms in total. The monoisotopic (exact) mass is 2040 g/mol. The van der Waals surface area contributed by atoms with Crippen LogP contribution in [0.1, 0.15) is 157 Å². The van der Waals surface area contributed by atoms with E-state index in [9.17, 15) is 24.3 Å². The number of aryl methyl sites for hydroxylation is 1. The predicted octanol–water partition coefficient (Wildman–Crippen LogP) is 21.8. The zero-order valence-electron chi connectivity index (χ0n) is 86.8. The van der Waals surface area contributed by atoms with Crippen molar-refractivity contribution >= 4 is 120 Å². The third kappa shape index (κ3) is 39.0. The zero-order valence-corrected chi connectivity index (χ0v) is 90.9. The summed E-state index contributed by atoms with van der Waals surface area (Å²) in [6, 6.07) is 63.9. The topological polar surface area (TPSA) is 224 Å². The number of phenolic OH excluding ortho intramolecular Hbond substituents is 1. The molecule has 2 unspecified atom stereocenters. The average Bonchev–Trinajstić information content (AvgIpc) is 1.60. The highest BCUT2D eigenvalue weighted by molar-refractivity contribution is 7.97. The van der Waals surface area contributed by atoms with E-state index in [0.717, 1.165) is 183 Å².